The maximum Gasteiger partial charge on any atom is 0.416 e. The monoisotopic (exact) mass is 242 g/mol. The number of benzene rings is 1. The van der Waals surface area contributed by atoms with E-state index in [1.165, 1.54) is 12.1 Å². The van der Waals surface area contributed by atoms with E-state index in [-0.39, 0.29) is 0 Å². The molecule has 1 fully saturated rings. The quantitative estimate of drug-likeness (QED) is 0.860. The highest BCUT2D eigenvalue weighted by Gasteiger charge is 2.30. The summed E-state index contributed by atoms with van der Waals surface area (Å²) in [5.41, 5.74) is 0.00934. The molecule has 1 aromatic rings. The van der Waals surface area contributed by atoms with E-state index in [0.717, 1.165) is 25.0 Å². The Balaban J connectivity index is 2.02. The molecule has 0 spiro atoms. The summed E-state index contributed by atoms with van der Waals surface area (Å²) in [7, 11) is 0. The first-order valence-electron chi connectivity index (χ1n) is 5.50. The lowest BCUT2D eigenvalue weighted by molar-refractivity contribution is -0.137. The number of rotatable bonds is 3. The highest BCUT2D eigenvalue weighted by Crippen LogP contribution is 2.33. The fraction of sp³-hybridized carbons (Fsp3) is 0.385. The first-order valence-corrected chi connectivity index (χ1v) is 5.50. The Morgan fingerprint density at radius 3 is 2.24 bits per heavy atom. The fourth-order valence-corrected chi connectivity index (χ4v) is 1.59. The Kier molecular flexibility index (Phi) is 3.24. The zero-order valence-corrected chi connectivity index (χ0v) is 9.11. The van der Waals surface area contributed by atoms with Gasteiger partial charge in [-0.05, 0) is 36.5 Å². The molecule has 17 heavy (non-hydrogen) atoms. The first-order chi connectivity index (χ1) is 7.97. The van der Waals surface area contributed by atoms with Crippen molar-refractivity contribution in [2.75, 3.05) is 0 Å². The van der Waals surface area contributed by atoms with Crippen molar-refractivity contribution < 1.29 is 18.3 Å². The Bertz CT molecular complexity index is 402. The van der Waals surface area contributed by atoms with Gasteiger partial charge < -0.3 is 5.11 Å². The van der Waals surface area contributed by atoms with Crippen LogP contribution in [0.4, 0.5) is 13.2 Å². The summed E-state index contributed by atoms with van der Waals surface area (Å²) in [6.07, 6.45) is 0.577. The maximum atomic E-state index is 12.3. The molecule has 1 aromatic carbocycles. The zero-order chi connectivity index (χ0) is 12.5. The molecule has 0 amide bonds. The summed E-state index contributed by atoms with van der Waals surface area (Å²) in [6, 6.07) is 4.89. The van der Waals surface area contributed by atoms with Crippen molar-refractivity contribution in [2.24, 2.45) is 5.92 Å². The largest absolute Gasteiger partial charge is 0.416 e. The summed E-state index contributed by atoms with van der Waals surface area (Å²) in [4.78, 5) is 0. The minimum absolute atomic E-state index is 0.334. The van der Waals surface area contributed by atoms with Crippen LogP contribution in [0.2, 0.25) is 0 Å². The predicted molar refractivity (Wildman–Crippen MR) is 59.2 cm³/mol. The van der Waals surface area contributed by atoms with Gasteiger partial charge in [-0.25, -0.2) is 0 Å². The third kappa shape index (κ3) is 3.33. The lowest BCUT2D eigenvalue weighted by Gasteiger charge is -2.06. The smallest absolute Gasteiger partial charge is 0.389 e. The molecule has 1 N–H and O–H groups in total. The van der Waals surface area contributed by atoms with Crippen molar-refractivity contribution in [1.29, 1.82) is 0 Å². The van der Waals surface area contributed by atoms with Gasteiger partial charge in [0.15, 0.2) is 0 Å². The Morgan fingerprint density at radius 1 is 1.18 bits per heavy atom. The number of hydrogen-bond acceptors (Lipinski definition) is 1. The van der Waals surface area contributed by atoms with Crippen LogP contribution in [0.25, 0.3) is 6.08 Å². The molecule has 0 bridgehead atoms. The Morgan fingerprint density at radius 2 is 1.76 bits per heavy atom. The molecule has 1 aliphatic carbocycles. The van der Waals surface area contributed by atoms with E-state index in [4.69, 9.17) is 0 Å². The molecular formula is C13H13F3O. The number of halogens is 3. The second-order valence-electron chi connectivity index (χ2n) is 4.31. The summed E-state index contributed by atoms with van der Waals surface area (Å²) in [5, 5.41) is 9.57. The van der Waals surface area contributed by atoms with E-state index in [2.05, 4.69) is 0 Å². The highest BCUT2D eigenvalue weighted by atomic mass is 19.4. The van der Waals surface area contributed by atoms with Crippen molar-refractivity contribution in [3.05, 3.63) is 41.5 Å². The van der Waals surface area contributed by atoms with Crippen LogP contribution in [0.3, 0.4) is 0 Å². The molecule has 2 rings (SSSR count). The summed E-state index contributed by atoms with van der Waals surface area (Å²) in [5.74, 6) is 0.334. The highest BCUT2D eigenvalue weighted by molar-refractivity contribution is 5.50. The fourth-order valence-electron chi connectivity index (χ4n) is 1.59. The van der Waals surface area contributed by atoms with Gasteiger partial charge in [-0.1, -0.05) is 24.3 Å². The van der Waals surface area contributed by atoms with Crippen LogP contribution in [-0.2, 0) is 6.18 Å². The van der Waals surface area contributed by atoms with Gasteiger partial charge in [0.2, 0.25) is 0 Å². The van der Waals surface area contributed by atoms with Crippen molar-refractivity contribution in [1.82, 2.24) is 0 Å². The van der Waals surface area contributed by atoms with Gasteiger partial charge in [0.1, 0.15) is 0 Å². The molecule has 4 heteroatoms. The lowest BCUT2D eigenvalue weighted by Crippen LogP contribution is -2.04. The van der Waals surface area contributed by atoms with E-state index in [9.17, 15) is 18.3 Å². The summed E-state index contributed by atoms with van der Waals surface area (Å²) >= 11 is 0. The molecule has 1 aliphatic rings. The Labute approximate surface area is 97.6 Å². The van der Waals surface area contributed by atoms with Crippen LogP contribution in [0.1, 0.15) is 24.0 Å². The van der Waals surface area contributed by atoms with Crippen LogP contribution < -0.4 is 0 Å². The molecule has 1 nitrogen and oxygen atoms in total. The van der Waals surface area contributed by atoms with Crippen LogP contribution in [-0.4, -0.2) is 11.2 Å². The average Bonchev–Trinajstić information content (AvgIpc) is 3.09. The topological polar surface area (TPSA) is 20.2 Å². The third-order valence-electron chi connectivity index (χ3n) is 2.83. The van der Waals surface area contributed by atoms with Gasteiger partial charge >= 0.3 is 6.18 Å². The van der Waals surface area contributed by atoms with Crippen molar-refractivity contribution >= 4 is 6.08 Å². The van der Waals surface area contributed by atoms with Gasteiger partial charge in [-0.2, -0.15) is 13.2 Å². The molecule has 1 atom stereocenters. The second-order valence-corrected chi connectivity index (χ2v) is 4.31. The van der Waals surface area contributed by atoms with E-state index in [0.29, 0.717) is 11.5 Å². The van der Waals surface area contributed by atoms with Gasteiger partial charge in [0.05, 0.1) is 11.7 Å². The minimum atomic E-state index is -4.30. The molecule has 0 aliphatic heterocycles. The van der Waals surface area contributed by atoms with Crippen molar-refractivity contribution in [2.45, 2.75) is 25.1 Å². The summed E-state index contributed by atoms with van der Waals surface area (Å²) in [6.45, 7) is 0. The van der Waals surface area contributed by atoms with Crippen LogP contribution >= 0.6 is 0 Å². The summed E-state index contributed by atoms with van der Waals surface area (Å²) < 4.78 is 36.9. The minimum Gasteiger partial charge on any atom is -0.389 e. The van der Waals surface area contributed by atoms with Crippen molar-refractivity contribution in [3.8, 4) is 0 Å². The molecule has 0 heterocycles. The molecule has 1 unspecified atom stereocenters. The van der Waals surface area contributed by atoms with Crippen LogP contribution in [0, 0.1) is 5.92 Å². The zero-order valence-electron chi connectivity index (χ0n) is 9.11. The lowest BCUT2D eigenvalue weighted by atomic mass is 10.1. The molecule has 92 valence electrons. The van der Waals surface area contributed by atoms with Crippen LogP contribution in [0.15, 0.2) is 30.3 Å². The molecule has 1 saturated carbocycles. The standard InChI is InChI=1S/C13H13F3O/c14-13(15,16)11-6-1-9(2-7-11)3-8-12(17)10-4-5-10/h1-3,6-8,10,12,17H,4-5H2/b8-3+. The maximum absolute atomic E-state index is 12.3. The van der Waals surface area contributed by atoms with Crippen molar-refractivity contribution in [3.63, 3.8) is 0 Å². The van der Waals surface area contributed by atoms with E-state index in [1.807, 2.05) is 0 Å². The number of alkyl halides is 3. The van der Waals surface area contributed by atoms with Crippen LogP contribution in [0.5, 0.6) is 0 Å². The predicted octanol–water partition coefficient (Wildman–Crippen LogP) is 3.49. The second kappa shape index (κ2) is 4.53. The SMILES string of the molecule is OC(/C=C/c1ccc(C(F)(F)F)cc1)C1CC1. The molecular weight excluding hydrogens is 229 g/mol. The number of aliphatic hydroxyl groups excluding tert-OH is 1. The normalized spacial score (nSPS) is 18.6. The van der Waals surface area contributed by atoms with Gasteiger partial charge in [0.25, 0.3) is 0 Å². The Hall–Kier alpha value is -1.29. The average molecular weight is 242 g/mol. The van der Waals surface area contributed by atoms with E-state index >= 15 is 0 Å². The molecule has 0 radical (unpaired) electrons. The molecule has 0 saturated heterocycles. The van der Waals surface area contributed by atoms with E-state index < -0.39 is 17.8 Å². The van der Waals surface area contributed by atoms with Gasteiger partial charge in [-0.15, -0.1) is 0 Å². The van der Waals surface area contributed by atoms with Gasteiger partial charge in [0, 0.05) is 0 Å². The van der Waals surface area contributed by atoms with Gasteiger partial charge in [-0.3, -0.25) is 0 Å². The molecule has 0 aromatic heterocycles. The first kappa shape index (κ1) is 12.2. The third-order valence-corrected chi connectivity index (χ3v) is 2.83. The number of aliphatic hydroxyl groups is 1. The number of hydrogen-bond donors (Lipinski definition) is 1. The van der Waals surface area contributed by atoms with E-state index in [1.54, 1.807) is 12.2 Å².